The summed E-state index contributed by atoms with van der Waals surface area (Å²) in [7, 11) is 1.87. The average molecular weight is 352 g/mol. The molecule has 2 nitrogen and oxygen atoms in total. The molecule has 1 aliphatic carbocycles. The van der Waals surface area contributed by atoms with Crippen molar-refractivity contribution >= 4 is 0 Å². The largest absolute Gasteiger partial charge is 0.364 e. The number of piperidine rings is 3. The third-order valence-corrected chi connectivity index (χ3v) is 7.04. The van der Waals surface area contributed by atoms with Gasteiger partial charge in [-0.1, -0.05) is 67.9 Å². The van der Waals surface area contributed by atoms with Crippen molar-refractivity contribution in [3.05, 3.63) is 35.9 Å². The molecule has 3 heterocycles. The summed E-state index contributed by atoms with van der Waals surface area (Å²) in [6.07, 6.45) is 10.6. The molecule has 2 bridgehead atoms. The summed E-state index contributed by atoms with van der Waals surface area (Å²) >= 11 is 0. The minimum absolute atomic E-state index is 0.242. The molecule has 1 aromatic carbocycles. The molecule has 4 fully saturated rings. The van der Waals surface area contributed by atoms with E-state index in [9.17, 15) is 0 Å². The van der Waals surface area contributed by atoms with Crippen LogP contribution in [0.5, 0.6) is 0 Å². The van der Waals surface area contributed by atoms with E-state index in [1.165, 1.54) is 70.0 Å². The van der Waals surface area contributed by atoms with E-state index in [-0.39, 0.29) is 5.60 Å². The molecular weight excluding hydrogens is 318 g/mol. The average Bonchev–Trinajstić information content (AvgIpc) is 2.99. The normalized spacial score (nSPS) is 33.1. The van der Waals surface area contributed by atoms with Crippen molar-refractivity contribution in [2.45, 2.75) is 62.9 Å². The molecule has 2 heteroatoms. The van der Waals surface area contributed by atoms with Gasteiger partial charge >= 0.3 is 0 Å². The van der Waals surface area contributed by atoms with Crippen molar-refractivity contribution < 1.29 is 4.74 Å². The lowest BCUT2D eigenvalue weighted by Crippen LogP contribution is -2.59. The second-order valence-corrected chi connectivity index (χ2v) is 8.55. The Morgan fingerprint density at radius 2 is 1.69 bits per heavy atom. The number of rotatable bonds is 3. The first-order valence-corrected chi connectivity index (χ1v) is 10.7. The highest BCUT2D eigenvalue weighted by Gasteiger charge is 2.46. The van der Waals surface area contributed by atoms with Crippen LogP contribution in [-0.4, -0.2) is 37.2 Å². The Labute approximate surface area is 159 Å². The summed E-state index contributed by atoms with van der Waals surface area (Å²) in [5.41, 5.74) is 1.16. The predicted molar refractivity (Wildman–Crippen MR) is 107 cm³/mol. The number of fused-ring (bicyclic) bond motifs is 3. The van der Waals surface area contributed by atoms with E-state index in [1.54, 1.807) is 0 Å². The summed E-state index contributed by atoms with van der Waals surface area (Å²) in [6.45, 7) is 3.44. The molecule has 3 saturated heterocycles. The SMILES string of the molecule is CO[C@]1(C#C[C@H](c2ccccc2)C2CCCCCC2)CN2CCC1CC2. The van der Waals surface area contributed by atoms with E-state index in [4.69, 9.17) is 4.74 Å². The number of benzene rings is 1. The third kappa shape index (κ3) is 3.71. The van der Waals surface area contributed by atoms with Gasteiger partial charge in [0.25, 0.3) is 0 Å². The third-order valence-electron chi connectivity index (χ3n) is 7.04. The fourth-order valence-electron chi connectivity index (χ4n) is 5.42. The standard InChI is InChI=1S/C24H33NO/c1-26-24(19-25-17-14-22(24)15-18-25)16-13-23(21-11-7-4-8-12-21)20-9-5-2-3-6-10-20/h4,7-8,11-12,20,22-23H,2-3,5-6,9-10,14-15,17-19H2,1H3/t23-,24+/m0/s1. The van der Waals surface area contributed by atoms with Gasteiger partial charge in [0.05, 0.1) is 0 Å². The zero-order valence-corrected chi connectivity index (χ0v) is 16.3. The summed E-state index contributed by atoms with van der Waals surface area (Å²) in [4.78, 5) is 2.54. The van der Waals surface area contributed by atoms with Gasteiger partial charge in [-0.05, 0) is 50.3 Å². The Kier molecular flexibility index (Phi) is 5.67. The van der Waals surface area contributed by atoms with Crippen molar-refractivity contribution in [2.75, 3.05) is 26.7 Å². The Morgan fingerprint density at radius 3 is 2.27 bits per heavy atom. The lowest BCUT2D eigenvalue weighted by atomic mass is 9.74. The number of ether oxygens (including phenoxy) is 1. The van der Waals surface area contributed by atoms with Crippen LogP contribution in [0.2, 0.25) is 0 Å². The van der Waals surface area contributed by atoms with Crippen LogP contribution in [0.4, 0.5) is 0 Å². The van der Waals surface area contributed by atoms with Crippen LogP contribution in [0.15, 0.2) is 30.3 Å². The van der Waals surface area contributed by atoms with Crippen LogP contribution < -0.4 is 0 Å². The van der Waals surface area contributed by atoms with Gasteiger partial charge in [-0.3, -0.25) is 4.90 Å². The second-order valence-electron chi connectivity index (χ2n) is 8.55. The van der Waals surface area contributed by atoms with Gasteiger partial charge in [-0.25, -0.2) is 0 Å². The Hall–Kier alpha value is -1.30. The topological polar surface area (TPSA) is 12.5 Å². The molecule has 1 saturated carbocycles. The fraction of sp³-hybridized carbons (Fsp3) is 0.667. The van der Waals surface area contributed by atoms with Gasteiger partial charge in [-0.2, -0.15) is 0 Å². The first-order chi connectivity index (χ1) is 12.8. The molecule has 3 aliphatic heterocycles. The first-order valence-electron chi connectivity index (χ1n) is 10.7. The monoisotopic (exact) mass is 351 g/mol. The van der Waals surface area contributed by atoms with Crippen molar-refractivity contribution in [1.29, 1.82) is 0 Å². The van der Waals surface area contributed by atoms with Crippen molar-refractivity contribution in [2.24, 2.45) is 11.8 Å². The minimum atomic E-state index is -0.242. The highest BCUT2D eigenvalue weighted by atomic mass is 16.5. The zero-order valence-electron chi connectivity index (χ0n) is 16.3. The van der Waals surface area contributed by atoms with E-state index in [0.717, 1.165) is 6.54 Å². The smallest absolute Gasteiger partial charge is 0.143 e. The molecule has 2 atom stereocenters. The molecule has 5 rings (SSSR count). The molecule has 0 radical (unpaired) electrons. The van der Waals surface area contributed by atoms with Crippen LogP contribution in [0.3, 0.4) is 0 Å². The second kappa shape index (κ2) is 8.15. The number of hydrogen-bond donors (Lipinski definition) is 0. The number of methoxy groups -OCH3 is 1. The van der Waals surface area contributed by atoms with Crippen LogP contribution in [0.25, 0.3) is 0 Å². The van der Waals surface area contributed by atoms with Gasteiger partial charge in [0, 0.05) is 25.5 Å². The molecule has 140 valence electrons. The van der Waals surface area contributed by atoms with Gasteiger partial charge in [-0.15, -0.1) is 0 Å². The minimum Gasteiger partial charge on any atom is -0.364 e. The zero-order chi connectivity index (χ0) is 17.8. The van der Waals surface area contributed by atoms with E-state index >= 15 is 0 Å². The van der Waals surface area contributed by atoms with Gasteiger partial charge in [0.2, 0.25) is 0 Å². The fourth-order valence-corrected chi connectivity index (χ4v) is 5.42. The Balaban J connectivity index is 1.63. The molecule has 1 aromatic rings. The van der Waals surface area contributed by atoms with Crippen LogP contribution in [0.1, 0.15) is 62.8 Å². The van der Waals surface area contributed by atoms with Crippen molar-refractivity contribution in [1.82, 2.24) is 4.90 Å². The lowest BCUT2D eigenvalue weighted by Gasteiger charge is -2.49. The lowest BCUT2D eigenvalue weighted by molar-refractivity contribution is -0.0962. The maximum atomic E-state index is 6.10. The van der Waals surface area contributed by atoms with Crippen LogP contribution in [-0.2, 0) is 4.74 Å². The maximum Gasteiger partial charge on any atom is 0.143 e. The summed E-state index contributed by atoms with van der Waals surface area (Å²) < 4.78 is 6.10. The predicted octanol–water partition coefficient (Wildman–Crippen LogP) is 4.85. The van der Waals surface area contributed by atoms with E-state index in [0.29, 0.717) is 17.8 Å². The molecule has 4 aliphatic rings. The summed E-state index contributed by atoms with van der Waals surface area (Å²) in [6, 6.07) is 11.0. The molecule has 0 spiro atoms. The van der Waals surface area contributed by atoms with Crippen molar-refractivity contribution in [3.8, 4) is 11.8 Å². The molecular formula is C24H33NO. The molecule has 26 heavy (non-hydrogen) atoms. The van der Waals surface area contributed by atoms with E-state index in [1.807, 2.05) is 7.11 Å². The van der Waals surface area contributed by atoms with Crippen molar-refractivity contribution in [3.63, 3.8) is 0 Å². The molecule has 0 unspecified atom stereocenters. The Bertz CT molecular complexity index is 629. The highest BCUT2D eigenvalue weighted by Crippen LogP contribution is 2.39. The van der Waals surface area contributed by atoms with Gasteiger partial charge in [0.1, 0.15) is 5.60 Å². The maximum absolute atomic E-state index is 6.10. The highest BCUT2D eigenvalue weighted by molar-refractivity contribution is 5.32. The summed E-state index contributed by atoms with van der Waals surface area (Å²) in [5, 5.41) is 0. The number of nitrogens with zero attached hydrogens (tertiary/aromatic N) is 1. The van der Waals surface area contributed by atoms with Gasteiger partial charge in [0.15, 0.2) is 0 Å². The number of hydrogen-bond acceptors (Lipinski definition) is 2. The van der Waals surface area contributed by atoms with Gasteiger partial charge < -0.3 is 4.74 Å². The molecule has 0 N–H and O–H groups in total. The quantitative estimate of drug-likeness (QED) is 0.570. The van der Waals surface area contributed by atoms with Crippen LogP contribution >= 0.6 is 0 Å². The van der Waals surface area contributed by atoms with E-state index in [2.05, 4.69) is 47.1 Å². The first kappa shape index (κ1) is 18.1. The Morgan fingerprint density at radius 1 is 1.00 bits per heavy atom. The molecule has 0 amide bonds. The van der Waals surface area contributed by atoms with Crippen LogP contribution in [0, 0.1) is 23.7 Å². The summed E-state index contributed by atoms with van der Waals surface area (Å²) in [5.74, 6) is 9.16. The molecule has 0 aromatic heterocycles. The van der Waals surface area contributed by atoms with E-state index < -0.39 is 0 Å².